The van der Waals surface area contributed by atoms with Crippen molar-refractivity contribution in [3.63, 3.8) is 0 Å². The smallest absolute Gasteiger partial charge is 0.224 e. The number of methoxy groups -OCH3 is 1. The van der Waals surface area contributed by atoms with E-state index >= 15 is 0 Å². The van der Waals surface area contributed by atoms with Gasteiger partial charge in [-0.25, -0.2) is 8.78 Å². The first-order chi connectivity index (χ1) is 10.5. The number of benzene rings is 2. The van der Waals surface area contributed by atoms with Gasteiger partial charge in [0.2, 0.25) is 5.91 Å². The number of nitrogen functional groups attached to an aromatic ring is 1. The molecule has 6 heteroatoms. The lowest BCUT2D eigenvalue weighted by molar-refractivity contribution is -0.116. The van der Waals surface area contributed by atoms with Crippen LogP contribution in [0.1, 0.15) is 12.0 Å². The van der Waals surface area contributed by atoms with E-state index < -0.39 is 23.2 Å². The largest absolute Gasteiger partial charge is 0.495 e. The van der Waals surface area contributed by atoms with E-state index in [-0.39, 0.29) is 6.42 Å². The van der Waals surface area contributed by atoms with E-state index in [0.29, 0.717) is 17.9 Å². The standard InChI is InChI=1S/C16H16F2N2O2/c1-22-14-7-5-10(9-13(14)19)6-8-15(21)20-16-11(17)3-2-4-12(16)18/h2-5,7,9H,6,8,19H2,1H3,(H,20,21). The monoisotopic (exact) mass is 306 g/mol. The molecule has 0 bridgehead atoms. The van der Waals surface area contributed by atoms with E-state index in [0.717, 1.165) is 17.7 Å². The highest BCUT2D eigenvalue weighted by Gasteiger charge is 2.12. The number of rotatable bonds is 5. The second-order valence-electron chi connectivity index (χ2n) is 4.72. The van der Waals surface area contributed by atoms with Crippen molar-refractivity contribution in [2.24, 2.45) is 0 Å². The number of nitrogens with two attached hydrogens (primary N) is 1. The fourth-order valence-corrected chi connectivity index (χ4v) is 2.02. The molecule has 0 aliphatic carbocycles. The van der Waals surface area contributed by atoms with Crippen LogP contribution in [-0.2, 0) is 11.2 Å². The van der Waals surface area contributed by atoms with Crippen molar-refractivity contribution >= 4 is 17.3 Å². The maximum absolute atomic E-state index is 13.4. The molecule has 0 atom stereocenters. The van der Waals surface area contributed by atoms with Gasteiger partial charge >= 0.3 is 0 Å². The first-order valence-electron chi connectivity index (χ1n) is 6.67. The highest BCUT2D eigenvalue weighted by atomic mass is 19.1. The lowest BCUT2D eigenvalue weighted by atomic mass is 10.1. The molecule has 0 unspecified atom stereocenters. The van der Waals surface area contributed by atoms with Gasteiger partial charge in [0.15, 0.2) is 0 Å². The molecule has 4 nitrogen and oxygen atoms in total. The second kappa shape index (κ2) is 6.89. The number of anilines is 2. The van der Waals surface area contributed by atoms with Gasteiger partial charge in [0.05, 0.1) is 12.8 Å². The van der Waals surface area contributed by atoms with Crippen molar-refractivity contribution in [1.82, 2.24) is 0 Å². The van der Waals surface area contributed by atoms with Crippen LogP contribution in [0.2, 0.25) is 0 Å². The fraction of sp³-hybridized carbons (Fsp3) is 0.188. The molecule has 0 aromatic heterocycles. The molecule has 2 rings (SSSR count). The summed E-state index contributed by atoms with van der Waals surface area (Å²) in [5, 5.41) is 2.24. The molecule has 0 fully saturated rings. The lowest BCUT2D eigenvalue weighted by Crippen LogP contribution is -2.14. The molecule has 0 spiro atoms. The number of ether oxygens (including phenoxy) is 1. The normalized spacial score (nSPS) is 10.3. The van der Waals surface area contributed by atoms with E-state index in [4.69, 9.17) is 10.5 Å². The Kier molecular flexibility index (Phi) is 4.93. The third-order valence-corrected chi connectivity index (χ3v) is 3.16. The summed E-state index contributed by atoms with van der Waals surface area (Å²) in [6.45, 7) is 0. The Morgan fingerprint density at radius 2 is 1.91 bits per heavy atom. The third kappa shape index (κ3) is 3.72. The van der Waals surface area contributed by atoms with Gasteiger partial charge in [-0.15, -0.1) is 0 Å². The predicted molar refractivity (Wildman–Crippen MR) is 80.7 cm³/mol. The number of halogens is 2. The van der Waals surface area contributed by atoms with Crippen LogP contribution in [0.5, 0.6) is 5.75 Å². The molecule has 0 radical (unpaired) electrons. The van der Waals surface area contributed by atoms with Crippen LogP contribution in [0.25, 0.3) is 0 Å². The minimum Gasteiger partial charge on any atom is -0.495 e. The van der Waals surface area contributed by atoms with E-state index in [1.165, 1.54) is 13.2 Å². The first-order valence-corrected chi connectivity index (χ1v) is 6.67. The van der Waals surface area contributed by atoms with Crippen LogP contribution in [0.15, 0.2) is 36.4 Å². The summed E-state index contributed by atoms with van der Waals surface area (Å²) < 4.78 is 31.9. The van der Waals surface area contributed by atoms with Gasteiger partial charge in [-0.3, -0.25) is 4.79 Å². The summed E-state index contributed by atoms with van der Waals surface area (Å²) in [7, 11) is 1.52. The van der Waals surface area contributed by atoms with E-state index in [1.807, 2.05) is 0 Å². The van der Waals surface area contributed by atoms with E-state index in [2.05, 4.69) is 5.32 Å². The zero-order valence-electron chi connectivity index (χ0n) is 12.0. The van der Waals surface area contributed by atoms with E-state index in [9.17, 15) is 13.6 Å². The van der Waals surface area contributed by atoms with Crippen LogP contribution >= 0.6 is 0 Å². The zero-order chi connectivity index (χ0) is 16.1. The number of amides is 1. The quantitative estimate of drug-likeness (QED) is 0.834. The van der Waals surface area contributed by atoms with Crippen molar-refractivity contribution in [3.05, 3.63) is 53.6 Å². The molecule has 0 saturated carbocycles. The summed E-state index contributed by atoms with van der Waals surface area (Å²) in [6.07, 6.45) is 0.482. The maximum atomic E-state index is 13.4. The Morgan fingerprint density at radius 1 is 1.23 bits per heavy atom. The van der Waals surface area contributed by atoms with Crippen LogP contribution in [-0.4, -0.2) is 13.0 Å². The average Bonchev–Trinajstić information content (AvgIpc) is 2.49. The molecule has 0 aliphatic rings. The van der Waals surface area contributed by atoms with Crippen molar-refractivity contribution < 1.29 is 18.3 Å². The molecule has 116 valence electrons. The number of para-hydroxylation sites is 1. The van der Waals surface area contributed by atoms with Gasteiger partial charge in [0, 0.05) is 6.42 Å². The predicted octanol–water partition coefficient (Wildman–Crippen LogP) is 3.13. The summed E-state index contributed by atoms with van der Waals surface area (Å²) in [4.78, 5) is 11.8. The molecule has 0 heterocycles. The number of nitrogens with one attached hydrogen (secondary N) is 1. The number of hydrogen-bond donors (Lipinski definition) is 2. The van der Waals surface area contributed by atoms with Crippen LogP contribution in [0.3, 0.4) is 0 Å². The molecule has 3 N–H and O–H groups in total. The molecular formula is C16H16F2N2O2. The van der Waals surface area contributed by atoms with Crippen LogP contribution < -0.4 is 15.8 Å². The maximum Gasteiger partial charge on any atom is 0.224 e. The summed E-state index contributed by atoms with van der Waals surface area (Å²) in [5.74, 6) is -1.52. The molecule has 2 aromatic carbocycles. The van der Waals surface area contributed by atoms with Gasteiger partial charge in [-0.05, 0) is 36.2 Å². The summed E-state index contributed by atoms with van der Waals surface area (Å²) >= 11 is 0. The minimum absolute atomic E-state index is 0.0829. The molecular weight excluding hydrogens is 290 g/mol. The highest BCUT2D eigenvalue weighted by Crippen LogP contribution is 2.23. The minimum atomic E-state index is -0.804. The van der Waals surface area contributed by atoms with Crippen molar-refractivity contribution in [3.8, 4) is 5.75 Å². The van der Waals surface area contributed by atoms with Gasteiger partial charge < -0.3 is 15.8 Å². The Labute approximate surface area is 126 Å². The van der Waals surface area contributed by atoms with Gasteiger partial charge in [-0.1, -0.05) is 12.1 Å². The van der Waals surface area contributed by atoms with E-state index in [1.54, 1.807) is 18.2 Å². The van der Waals surface area contributed by atoms with Gasteiger partial charge in [0.1, 0.15) is 23.1 Å². The Morgan fingerprint density at radius 3 is 2.50 bits per heavy atom. The topological polar surface area (TPSA) is 64.3 Å². The Bertz CT molecular complexity index is 670. The van der Waals surface area contributed by atoms with Gasteiger partial charge in [0.25, 0.3) is 0 Å². The second-order valence-corrected chi connectivity index (χ2v) is 4.72. The van der Waals surface area contributed by atoms with Crippen molar-refractivity contribution in [2.75, 3.05) is 18.2 Å². The molecule has 2 aromatic rings. The third-order valence-electron chi connectivity index (χ3n) is 3.16. The Balaban J connectivity index is 1.97. The zero-order valence-corrected chi connectivity index (χ0v) is 12.0. The number of aryl methyl sites for hydroxylation is 1. The van der Waals surface area contributed by atoms with Crippen molar-refractivity contribution in [2.45, 2.75) is 12.8 Å². The van der Waals surface area contributed by atoms with Crippen molar-refractivity contribution in [1.29, 1.82) is 0 Å². The average molecular weight is 306 g/mol. The molecule has 22 heavy (non-hydrogen) atoms. The number of hydrogen-bond acceptors (Lipinski definition) is 3. The highest BCUT2D eigenvalue weighted by molar-refractivity contribution is 5.91. The first kappa shape index (κ1) is 15.8. The summed E-state index contributed by atoms with van der Waals surface area (Å²) in [5.41, 5.74) is 6.66. The van der Waals surface area contributed by atoms with Gasteiger partial charge in [-0.2, -0.15) is 0 Å². The fourth-order valence-electron chi connectivity index (χ4n) is 2.02. The molecule has 1 amide bonds. The Hall–Kier alpha value is -2.63. The SMILES string of the molecule is COc1ccc(CCC(=O)Nc2c(F)cccc2F)cc1N. The number of carbonyl (C=O) groups excluding carboxylic acids is 1. The molecule has 0 saturated heterocycles. The molecule has 0 aliphatic heterocycles. The lowest BCUT2D eigenvalue weighted by Gasteiger charge is -2.09. The summed E-state index contributed by atoms with van der Waals surface area (Å²) in [6, 6.07) is 8.60. The number of carbonyl (C=O) groups is 1. The van der Waals surface area contributed by atoms with Crippen LogP contribution in [0.4, 0.5) is 20.2 Å². The van der Waals surface area contributed by atoms with Crippen LogP contribution in [0, 0.1) is 11.6 Å².